The van der Waals surface area contributed by atoms with Crippen molar-refractivity contribution < 1.29 is 14.2 Å². The second-order valence-corrected chi connectivity index (χ2v) is 30.7. The van der Waals surface area contributed by atoms with Crippen LogP contribution < -0.4 is 78.1 Å². The summed E-state index contributed by atoms with van der Waals surface area (Å²) in [4.78, 5) is 10.7. The van der Waals surface area contributed by atoms with Crippen molar-refractivity contribution in [3.05, 3.63) is 209 Å². The molecule has 2 unspecified atom stereocenters. The maximum absolute atomic E-state index is 7.82. The van der Waals surface area contributed by atoms with Crippen LogP contribution in [-0.2, 0) is 16.2 Å². The summed E-state index contributed by atoms with van der Waals surface area (Å²) >= 11 is 1.89. The van der Waals surface area contributed by atoms with Crippen LogP contribution in [0.2, 0.25) is 0 Å². The molecule has 0 aromatic heterocycles. The summed E-state index contributed by atoms with van der Waals surface area (Å²) in [6, 6.07) is 65.0. The second kappa shape index (κ2) is 18.6. The molecule has 1 aliphatic carbocycles. The molecule has 8 aliphatic rings. The third-order valence-electron chi connectivity index (χ3n) is 22.3. The molecule has 2 atom stereocenters. The van der Waals surface area contributed by atoms with Gasteiger partial charge in [-0.05, 0) is 190 Å². The Labute approximate surface area is 535 Å². The molecular weight excluding hydrogens is 1120 g/mol. The molecule has 7 aliphatic heterocycles. The Kier molecular flexibility index (Phi) is 11.3. The van der Waals surface area contributed by atoms with Gasteiger partial charge in [0.05, 0.1) is 16.9 Å². The molecule has 440 valence electrons. The largest absolute Gasteiger partial charge is 0.459 e. The first-order valence-electron chi connectivity index (χ1n) is 32.7. The van der Waals surface area contributed by atoms with Gasteiger partial charge in [0.25, 0.3) is 20.1 Å². The predicted octanol–water partition coefficient (Wildman–Crippen LogP) is 15.2. The van der Waals surface area contributed by atoms with E-state index in [4.69, 9.17) is 14.2 Å². The van der Waals surface area contributed by atoms with E-state index in [1.807, 2.05) is 11.8 Å². The van der Waals surface area contributed by atoms with Crippen molar-refractivity contribution in [3.63, 3.8) is 0 Å². The minimum Gasteiger partial charge on any atom is -0.459 e. The van der Waals surface area contributed by atoms with E-state index in [-0.39, 0.29) is 41.9 Å². The molecule has 90 heavy (non-hydrogen) atoms. The van der Waals surface area contributed by atoms with Crippen molar-refractivity contribution in [1.82, 2.24) is 0 Å². The molecule has 0 N–H and O–H groups in total. The minimum absolute atomic E-state index is 0.0554. The van der Waals surface area contributed by atoms with Crippen molar-refractivity contribution in [1.29, 1.82) is 0 Å². The van der Waals surface area contributed by atoms with Crippen LogP contribution >= 0.6 is 11.8 Å². The molecular formula is C80H72B3N3O3S. The van der Waals surface area contributed by atoms with Gasteiger partial charge in [0.2, 0.25) is 0 Å². The highest BCUT2D eigenvalue weighted by atomic mass is 32.2. The van der Waals surface area contributed by atoms with Crippen molar-refractivity contribution in [2.75, 3.05) is 14.7 Å². The van der Waals surface area contributed by atoms with Crippen LogP contribution in [0.25, 0.3) is 0 Å². The van der Waals surface area contributed by atoms with Gasteiger partial charge < -0.3 is 28.9 Å². The summed E-state index contributed by atoms with van der Waals surface area (Å²) in [5.41, 5.74) is 29.0. The van der Waals surface area contributed by atoms with Crippen LogP contribution in [0.5, 0.6) is 34.5 Å². The first kappa shape index (κ1) is 54.5. The van der Waals surface area contributed by atoms with Crippen LogP contribution in [0.1, 0.15) is 120 Å². The number of hydrogen-bond acceptors (Lipinski definition) is 7. The molecule has 1 fully saturated rings. The molecule has 0 spiro atoms. The molecule has 18 rings (SSSR count). The van der Waals surface area contributed by atoms with Crippen LogP contribution in [-0.4, -0.2) is 25.7 Å². The van der Waals surface area contributed by atoms with Gasteiger partial charge in [0.1, 0.15) is 34.5 Å². The Hall–Kier alpha value is -8.46. The van der Waals surface area contributed by atoms with E-state index >= 15 is 0 Å². The first-order valence-corrected chi connectivity index (χ1v) is 33.5. The van der Waals surface area contributed by atoms with E-state index < -0.39 is 0 Å². The van der Waals surface area contributed by atoms with E-state index in [1.54, 1.807) is 0 Å². The fraction of sp³-hybridized carbons (Fsp3) is 0.250. The van der Waals surface area contributed by atoms with E-state index in [9.17, 15) is 0 Å². The number of ether oxygens (including phenoxy) is 3. The van der Waals surface area contributed by atoms with Crippen molar-refractivity contribution >= 4 is 127 Å². The summed E-state index contributed by atoms with van der Waals surface area (Å²) in [5.74, 6) is 5.32. The van der Waals surface area contributed by atoms with Gasteiger partial charge in [-0.25, -0.2) is 0 Å². The quantitative estimate of drug-likeness (QED) is 0.163. The lowest BCUT2D eigenvalue weighted by molar-refractivity contribution is 0.195. The third kappa shape index (κ3) is 7.28. The van der Waals surface area contributed by atoms with Gasteiger partial charge >= 0.3 is 0 Å². The van der Waals surface area contributed by atoms with Gasteiger partial charge in [-0.3, -0.25) is 0 Å². The fourth-order valence-electron chi connectivity index (χ4n) is 18.0. The number of aryl methyl sites for hydroxylation is 4. The molecule has 0 saturated heterocycles. The average molecular weight is 1190 g/mol. The molecule has 7 heterocycles. The molecule has 0 radical (unpaired) electrons. The highest BCUT2D eigenvalue weighted by molar-refractivity contribution is 8.00. The first-order chi connectivity index (χ1) is 43.3. The Morgan fingerprint density at radius 1 is 0.411 bits per heavy atom. The molecule has 6 nitrogen and oxygen atoms in total. The maximum Gasteiger partial charge on any atom is 0.260 e. The zero-order chi connectivity index (χ0) is 61.4. The molecule has 10 aromatic carbocycles. The minimum atomic E-state index is -0.308. The number of hydrogen-bond donors (Lipinski definition) is 0. The molecule has 0 amide bonds. The lowest BCUT2D eigenvalue weighted by atomic mass is 9.29. The standard InChI is InChI=1S/C80H72B3N3O3S/c1-45-36-49(77(5,6)7)37-46(2)74(45)84-59-44-69-57(82-54-26-15-18-29-63(54)87-66-32-23-33-68(90-69)72(66)82)42-56(59)83-70-60(84)40-51(86-58-28-17-13-24-52(58)79(11)34-21-22-35-80(79,86)12)41-61(70)85(75-47(3)38-50(39-48(75)4)78(8,9)10)62-43-67-73-76(71(62)83)89-65-31-20-16-27-55(65)81(73)53-25-14-19-30-64(53)88-67/h13-20,23-33,36-44H,21-22,34-35H2,1-12H3. The van der Waals surface area contributed by atoms with Crippen molar-refractivity contribution in [3.8, 4) is 34.5 Å². The van der Waals surface area contributed by atoms with Crippen molar-refractivity contribution in [2.24, 2.45) is 0 Å². The summed E-state index contributed by atoms with van der Waals surface area (Å²) < 4.78 is 22.1. The zero-order valence-electron chi connectivity index (χ0n) is 53.7. The Bertz CT molecular complexity index is 4790. The second-order valence-electron chi connectivity index (χ2n) is 29.6. The highest BCUT2D eigenvalue weighted by Gasteiger charge is 2.59. The molecule has 10 heteroatoms. The number of fused-ring (bicyclic) bond motifs is 16. The van der Waals surface area contributed by atoms with E-state index in [2.05, 4.69) is 268 Å². The number of nitrogens with zero attached hydrogens (tertiary/aromatic N) is 3. The summed E-state index contributed by atoms with van der Waals surface area (Å²) in [5, 5.41) is 0. The van der Waals surface area contributed by atoms with E-state index in [0.717, 1.165) is 74.9 Å². The lowest BCUT2D eigenvalue weighted by Crippen LogP contribution is -2.66. The molecule has 0 bridgehead atoms. The smallest absolute Gasteiger partial charge is 0.260 e. The van der Waals surface area contributed by atoms with Crippen molar-refractivity contribution in [2.45, 2.75) is 140 Å². The zero-order valence-corrected chi connectivity index (χ0v) is 54.5. The number of anilines is 8. The topological polar surface area (TPSA) is 37.4 Å². The predicted molar refractivity (Wildman–Crippen MR) is 379 cm³/mol. The third-order valence-corrected chi connectivity index (χ3v) is 23.5. The Morgan fingerprint density at radius 3 is 1.53 bits per heavy atom. The molecule has 1 saturated carbocycles. The van der Waals surface area contributed by atoms with Crippen LogP contribution in [0.4, 0.5) is 45.5 Å². The number of para-hydroxylation sites is 4. The summed E-state index contributed by atoms with van der Waals surface area (Å²) in [6.07, 6.45) is 4.62. The maximum atomic E-state index is 7.82. The Balaban J connectivity index is 1.02. The van der Waals surface area contributed by atoms with Gasteiger partial charge in [-0.2, -0.15) is 0 Å². The lowest BCUT2D eigenvalue weighted by Gasteiger charge is -2.51. The molecule has 10 aromatic rings. The fourth-order valence-corrected chi connectivity index (χ4v) is 19.1. The van der Waals surface area contributed by atoms with E-state index in [0.29, 0.717) is 0 Å². The van der Waals surface area contributed by atoms with Crippen LogP contribution in [0.3, 0.4) is 0 Å². The SMILES string of the molecule is Cc1cc(C(C)(C)C)cc(C)c1N1c2cc3c(cc2B2c4c1cc(N1c5ccccc5C5(C)CCCCC15C)cc4N(c1c(C)cc(C(C)(C)C)cc1C)c1cc4c5c(c12)Oc1ccccc1B5c1ccccc1O4)B1c2ccccc2Oc2cccc(c21)S3. The normalized spacial score (nSPS) is 18.9. The summed E-state index contributed by atoms with van der Waals surface area (Å²) in [7, 11) is 0. The Morgan fingerprint density at radius 2 is 0.922 bits per heavy atom. The van der Waals surface area contributed by atoms with Gasteiger partial charge in [-0.15, -0.1) is 0 Å². The number of benzene rings is 10. The van der Waals surface area contributed by atoms with Crippen LogP contribution in [0.15, 0.2) is 180 Å². The van der Waals surface area contributed by atoms with E-state index in [1.165, 1.54) is 129 Å². The highest BCUT2D eigenvalue weighted by Crippen LogP contribution is 2.62. The van der Waals surface area contributed by atoms with Crippen LogP contribution in [0, 0.1) is 27.7 Å². The average Bonchev–Trinajstić information content (AvgIpc) is 0.849. The van der Waals surface area contributed by atoms with Gasteiger partial charge in [0, 0.05) is 60.9 Å². The number of rotatable bonds is 3. The monoisotopic (exact) mass is 1190 g/mol. The summed E-state index contributed by atoms with van der Waals surface area (Å²) in [6.45, 7) is 28.1. The van der Waals surface area contributed by atoms with Gasteiger partial charge in [-0.1, -0.05) is 188 Å². The van der Waals surface area contributed by atoms with Gasteiger partial charge in [0.15, 0.2) is 0 Å².